The van der Waals surface area contributed by atoms with Gasteiger partial charge >= 0.3 is 0 Å². The van der Waals surface area contributed by atoms with Gasteiger partial charge in [-0.2, -0.15) is 0 Å². The Kier molecular flexibility index (Phi) is 6.78. The van der Waals surface area contributed by atoms with Crippen molar-refractivity contribution in [2.75, 3.05) is 40.0 Å². The Morgan fingerprint density at radius 1 is 1.47 bits per heavy atom. The predicted octanol–water partition coefficient (Wildman–Crippen LogP) is 2.23. The summed E-state index contributed by atoms with van der Waals surface area (Å²) >= 11 is 0. The minimum atomic E-state index is 0.190. The highest BCUT2D eigenvalue weighted by molar-refractivity contribution is 4.94. The lowest BCUT2D eigenvalue weighted by molar-refractivity contribution is 0.0540. The van der Waals surface area contributed by atoms with Crippen molar-refractivity contribution in [1.82, 2.24) is 5.32 Å². The maximum atomic E-state index is 5.40. The van der Waals surface area contributed by atoms with Gasteiger partial charge in [0, 0.05) is 33.4 Å². The third-order valence-corrected chi connectivity index (χ3v) is 3.60. The highest BCUT2D eigenvalue weighted by atomic mass is 16.5. The standard InChI is InChI=1S/C14H27NO2/c1-4-14(2,12-15-7-10-16-3)11-13-5-8-17-9-6-13/h4,13,15H,1,5-12H2,2-3H3. The lowest BCUT2D eigenvalue weighted by Gasteiger charge is -2.32. The maximum absolute atomic E-state index is 5.40. The van der Waals surface area contributed by atoms with Crippen LogP contribution in [0.15, 0.2) is 12.7 Å². The molecule has 100 valence electrons. The van der Waals surface area contributed by atoms with Gasteiger partial charge in [0.2, 0.25) is 0 Å². The van der Waals surface area contributed by atoms with Crippen LogP contribution in [-0.2, 0) is 9.47 Å². The number of ether oxygens (including phenoxy) is 2. The quantitative estimate of drug-likeness (QED) is 0.522. The van der Waals surface area contributed by atoms with E-state index in [0.29, 0.717) is 0 Å². The van der Waals surface area contributed by atoms with E-state index in [1.165, 1.54) is 19.3 Å². The highest BCUT2D eigenvalue weighted by Gasteiger charge is 2.26. The summed E-state index contributed by atoms with van der Waals surface area (Å²) in [6.07, 6.45) is 5.70. The molecule has 0 aromatic rings. The van der Waals surface area contributed by atoms with Gasteiger partial charge in [0.15, 0.2) is 0 Å². The Bertz CT molecular complexity index is 214. The summed E-state index contributed by atoms with van der Waals surface area (Å²) in [6.45, 7) is 10.8. The molecule has 1 unspecified atom stereocenters. The van der Waals surface area contributed by atoms with E-state index in [1.807, 2.05) is 0 Å². The molecule has 0 spiro atoms. The van der Waals surface area contributed by atoms with Crippen LogP contribution in [0.4, 0.5) is 0 Å². The van der Waals surface area contributed by atoms with Crippen LogP contribution in [0.25, 0.3) is 0 Å². The van der Waals surface area contributed by atoms with Crippen LogP contribution in [-0.4, -0.2) is 40.0 Å². The van der Waals surface area contributed by atoms with E-state index in [2.05, 4.69) is 24.9 Å². The molecule has 0 aromatic carbocycles. The molecule has 1 saturated heterocycles. The first-order chi connectivity index (χ1) is 8.20. The highest BCUT2D eigenvalue weighted by Crippen LogP contribution is 2.31. The van der Waals surface area contributed by atoms with Crippen molar-refractivity contribution in [3.05, 3.63) is 12.7 Å². The Morgan fingerprint density at radius 3 is 2.76 bits per heavy atom. The third kappa shape index (κ3) is 5.66. The molecule has 3 heteroatoms. The van der Waals surface area contributed by atoms with Crippen LogP contribution < -0.4 is 5.32 Å². The van der Waals surface area contributed by atoms with Crippen molar-refractivity contribution >= 4 is 0 Å². The fraction of sp³-hybridized carbons (Fsp3) is 0.857. The number of nitrogens with one attached hydrogen (secondary N) is 1. The lowest BCUT2D eigenvalue weighted by atomic mass is 9.78. The van der Waals surface area contributed by atoms with Crippen molar-refractivity contribution in [3.63, 3.8) is 0 Å². The van der Waals surface area contributed by atoms with E-state index in [9.17, 15) is 0 Å². The SMILES string of the molecule is C=CC(C)(CNCCOC)CC1CCOCC1. The lowest BCUT2D eigenvalue weighted by Crippen LogP contribution is -2.34. The molecule has 1 N–H and O–H groups in total. The molecule has 3 nitrogen and oxygen atoms in total. The van der Waals surface area contributed by atoms with E-state index in [-0.39, 0.29) is 5.41 Å². The summed E-state index contributed by atoms with van der Waals surface area (Å²) in [5, 5.41) is 3.44. The van der Waals surface area contributed by atoms with Crippen molar-refractivity contribution in [2.45, 2.75) is 26.2 Å². The van der Waals surface area contributed by atoms with Gasteiger partial charge in [-0.3, -0.25) is 0 Å². The second kappa shape index (κ2) is 7.85. The van der Waals surface area contributed by atoms with Crippen molar-refractivity contribution in [2.24, 2.45) is 11.3 Å². The average Bonchev–Trinajstić information content (AvgIpc) is 2.36. The monoisotopic (exact) mass is 241 g/mol. The first kappa shape index (κ1) is 14.7. The van der Waals surface area contributed by atoms with Crippen LogP contribution in [0.1, 0.15) is 26.2 Å². The second-order valence-electron chi connectivity index (χ2n) is 5.29. The molecule has 17 heavy (non-hydrogen) atoms. The first-order valence-electron chi connectivity index (χ1n) is 6.61. The molecule has 0 aliphatic carbocycles. The smallest absolute Gasteiger partial charge is 0.0587 e. The molecular formula is C14H27NO2. The summed E-state index contributed by atoms with van der Waals surface area (Å²) in [7, 11) is 1.73. The van der Waals surface area contributed by atoms with Gasteiger partial charge in [-0.15, -0.1) is 6.58 Å². The normalized spacial score (nSPS) is 21.1. The number of hydrogen-bond acceptors (Lipinski definition) is 3. The Labute approximate surface area is 106 Å². The number of rotatable bonds is 8. The van der Waals surface area contributed by atoms with Crippen LogP contribution in [0.5, 0.6) is 0 Å². The molecule has 1 aliphatic rings. The van der Waals surface area contributed by atoms with Gasteiger partial charge in [-0.1, -0.05) is 13.0 Å². The molecule has 1 rings (SSSR count). The topological polar surface area (TPSA) is 30.5 Å². The molecule has 1 atom stereocenters. The van der Waals surface area contributed by atoms with Gasteiger partial charge in [0.05, 0.1) is 6.61 Å². The van der Waals surface area contributed by atoms with Gasteiger partial charge in [0.25, 0.3) is 0 Å². The van der Waals surface area contributed by atoms with Gasteiger partial charge in [-0.05, 0) is 30.6 Å². The van der Waals surface area contributed by atoms with E-state index in [0.717, 1.165) is 38.8 Å². The van der Waals surface area contributed by atoms with Gasteiger partial charge in [-0.25, -0.2) is 0 Å². The predicted molar refractivity (Wildman–Crippen MR) is 71.2 cm³/mol. The first-order valence-corrected chi connectivity index (χ1v) is 6.61. The van der Waals surface area contributed by atoms with E-state index in [1.54, 1.807) is 7.11 Å². The summed E-state index contributed by atoms with van der Waals surface area (Å²) < 4.78 is 10.4. The number of methoxy groups -OCH3 is 1. The Hall–Kier alpha value is -0.380. The van der Waals surface area contributed by atoms with Crippen molar-refractivity contribution in [3.8, 4) is 0 Å². The van der Waals surface area contributed by atoms with Crippen molar-refractivity contribution < 1.29 is 9.47 Å². The molecule has 0 saturated carbocycles. The minimum Gasteiger partial charge on any atom is -0.383 e. The second-order valence-corrected chi connectivity index (χ2v) is 5.29. The Balaban J connectivity index is 2.30. The van der Waals surface area contributed by atoms with Gasteiger partial charge in [0.1, 0.15) is 0 Å². The summed E-state index contributed by atoms with van der Waals surface area (Å²) in [6, 6.07) is 0. The summed E-state index contributed by atoms with van der Waals surface area (Å²) in [5.74, 6) is 0.788. The maximum Gasteiger partial charge on any atom is 0.0587 e. The van der Waals surface area contributed by atoms with Crippen LogP contribution >= 0.6 is 0 Å². The Morgan fingerprint density at radius 2 is 2.18 bits per heavy atom. The molecular weight excluding hydrogens is 214 g/mol. The fourth-order valence-corrected chi connectivity index (χ4v) is 2.39. The van der Waals surface area contributed by atoms with Gasteiger partial charge < -0.3 is 14.8 Å². The van der Waals surface area contributed by atoms with E-state index < -0.39 is 0 Å². The molecule has 1 heterocycles. The zero-order valence-electron chi connectivity index (χ0n) is 11.3. The van der Waals surface area contributed by atoms with Crippen LogP contribution in [0.2, 0.25) is 0 Å². The molecule has 1 aliphatic heterocycles. The molecule has 0 bridgehead atoms. The molecule has 1 fully saturated rings. The minimum absolute atomic E-state index is 0.190. The molecule has 0 radical (unpaired) electrons. The number of hydrogen-bond donors (Lipinski definition) is 1. The molecule has 0 aromatic heterocycles. The fourth-order valence-electron chi connectivity index (χ4n) is 2.39. The van der Waals surface area contributed by atoms with E-state index >= 15 is 0 Å². The van der Waals surface area contributed by atoms with Crippen molar-refractivity contribution in [1.29, 1.82) is 0 Å². The third-order valence-electron chi connectivity index (χ3n) is 3.60. The average molecular weight is 241 g/mol. The summed E-state index contributed by atoms with van der Waals surface area (Å²) in [5.41, 5.74) is 0.190. The largest absolute Gasteiger partial charge is 0.383 e. The zero-order chi connectivity index (χ0) is 12.6. The van der Waals surface area contributed by atoms with E-state index in [4.69, 9.17) is 9.47 Å². The zero-order valence-corrected chi connectivity index (χ0v) is 11.3. The summed E-state index contributed by atoms with van der Waals surface area (Å²) in [4.78, 5) is 0. The van der Waals surface area contributed by atoms with Crippen LogP contribution in [0.3, 0.4) is 0 Å². The van der Waals surface area contributed by atoms with Crippen LogP contribution in [0, 0.1) is 11.3 Å². The molecule has 0 amide bonds.